The molecule has 1 unspecified atom stereocenters. The van der Waals surface area contributed by atoms with Crippen LogP contribution in [0.3, 0.4) is 0 Å². The zero-order valence-corrected chi connectivity index (χ0v) is 16.0. The second kappa shape index (κ2) is 7.54. The fourth-order valence-electron chi connectivity index (χ4n) is 4.06. The molecule has 1 fully saturated rings. The summed E-state index contributed by atoms with van der Waals surface area (Å²) in [5.41, 5.74) is 2.96. The number of fused-ring (bicyclic) bond motifs is 1. The van der Waals surface area contributed by atoms with E-state index >= 15 is 0 Å². The van der Waals surface area contributed by atoms with E-state index in [0.717, 1.165) is 25.1 Å². The highest BCUT2D eigenvalue weighted by Crippen LogP contribution is 2.33. The summed E-state index contributed by atoms with van der Waals surface area (Å²) in [6.07, 6.45) is 6.22. The Morgan fingerprint density at radius 3 is 2.76 bits per heavy atom. The maximum atomic E-state index is 13.0. The van der Waals surface area contributed by atoms with Gasteiger partial charge in [-0.1, -0.05) is 30.3 Å². The number of pyridine rings is 2. The Bertz CT molecular complexity index is 1010. The first-order chi connectivity index (χ1) is 14.3. The van der Waals surface area contributed by atoms with Crippen molar-refractivity contribution < 1.29 is 9.53 Å². The van der Waals surface area contributed by atoms with Crippen LogP contribution in [0.4, 0.5) is 5.82 Å². The summed E-state index contributed by atoms with van der Waals surface area (Å²) in [6.45, 7) is 1.97. The van der Waals surface area contributed by atoms with Crippen LogP contribution >= 0.6 is 0 Å². The molecule has 0 saturated carbocycles. The molecule has 6 nitrogen and oxygen atoms in total. The summed E-state index contributed by atoms with van der Waals surface area (Å²) < 4.78 is 5.93. The van der Waals surface area contributed by atoms with E-state index in [4.69, 9.17) is 4.74 Å². The third kappa shape index (κ3) is 3.53. The molecule has 6 heteroatoms. The number of rotatable bonds is 3. The largest absolute Gasteiger partial charge is 0.487 e. The first-order valence-electron chi connectivity index (χ1n) is 9.91. The van der Waals surface area contributed by atoms with Gasteiger partial charge in [0.05, 0.1) is 11.6 Å². The summed E-state index contributed by atoms with van der Waals surface area (Å²) in [7, 11) is 0. The lowest BCUT2D eigenvalue weighted by atomic mass is 10.00. The Morgan fingerprint density at radius 1 is 1.10 bits per heavy atom. The molecule has 146 valence electrons. The van der Waals surface area contributed by atoms with Crippen molar-refractivity contribution in [3.05, 3.63) is 83.8 Å². The minimum atomic E-state index is 0.00522. The molecule has 5 rings (SSSR count). The van der Waals surface area contributed by atoms with Gasteiger partial charge in [0, 0.05) is 37.6 Å². The molecule has 1 amide bonds. The topological polar surface area (TPSA) is 67.3 Å². The van der Waals surface area contributed by atoms with Crippen molar-refractivity contribution in [1.29, 1.82) is 0 Å². The van der Waals surface area contributed by atoms with E-state index in [9.17, 15) is 4.79 Å². The zero-order chi connectivity index (χ0) is 19.6. The Hall–Kier alpha value is -3.41. The molecule has 3 aromatic rings. The Balaban J connectivity index is 1.29. The van der Waals surface area contributed by atoms with Gasteiger partial charge in [0.2, 0.25) is 0 Å². The van der Waals surface area contributed by atoms with Crippen LogP contribution in [-0.4, -0.2) is 40.5 Å². The highest BCUT2D eigenvalue weighted by atomic mass is 16.5. The first-order valence-corrected chi connectivity index (χ1v) is 9.91. The molecule has 2 atom stereocenters. The van der Waals surface area contributed by atoms with Crippen LogP contribution < -0.4 is 10.1 Å². The minimum Gasteiger partial charge on any atom is -0.487 e. The number of hydrogen-bond acceptors (Lipinski definition) is 5. The molecular weight excluding hydrogens is 364 g/mol. The molecular formula is C23H22N4O2. The number of likely N-dealkylation sites (tertiary alicyclic amines) is 1. The maximum Gasteiger partial charge on any atom is 0.255 e. The third-order valence-corrected chi connectivity index (χ3v) is 5.67. The monoisotopic (exact) mass is 386 g/mol. The summed E-state index contributed by atoms with van der Waals surface area (Å²) in [5.74, 6) is 1.67. The van der Waals surface area contributed by atoms with Crippen LogP contribution in [0.15, 0.2) is 67.1 Å². The lowest BCUT2D eigenvalue weighted by molar-refractivity contribution is 0.0790. The second-order valence-corrected chi connectivity index (χ2v) is 7.51. The summed E-state index contributed by atoms with van der Waals surface area (Å²) in [5, 5.41) is 3.41. The fourth-order valence-corrected chi connectivity index (χ4v) is 4.06. The van der Waals surface area contributed by atoms with Gasteiger partial charge in [-0.15, -0.1) is 0 Å². The Labute approximate surface area is 169 Å². The number of benzene rings is 1. The molecule has 2 aliphatic rings. The average Bonchev–Trinajstić information content (AvgIpc) is 3.29. The highest BCUT2D eigenvalue weighted by Gasteiger charge is 2.29. The van der Waals surface area contributed by atoms with E-state index in [1.54, 1.807) is 24.7 Å². The molecule has 29 heavy (non-hydrogen) atoms. The van der Waals surface area contributed by atoms with E-state index in [0.29, 0.717) is 29.7 Å². The molecule has 1 saturated heterocycles. The van der Waals surface area contributed by atoms with Crippen molar-refractivity contribution in [1.82, 2.24) is 14.9 Å². The van der Waals surface area contributed by atoms with Crippen LogP contribution in [0.2, 0.25) is 0 Å². The fraction of sp³-hybridized carbons (Fsp3) is 0.261. The molecule has 0 bridgehead atoms. The quantitative estimate of drug-likeness (QED) is 0.744. The predicted molar refractivity (Wildman–Crippen MR) is 110 cm³/mol. The molecule has 0 radical (unpaired) electrons. The number of ether oxygens (including phenoxy) is 1. The van der Waals surface area contributed by atoms with Crippen LogP contribution in [0.25, 0.3) is 0 Å². The smallest absolute Gasteiger partial charge is 0.255 e. The van der Waals surface area contributed by atoms with Gasteiger partial charge in [0.15, 0.2) is 11.6 Å². The molecule has 2 aliphatic heterocycles. The van der Waals surface area contributed by atoms with E-state index in [1.807, 2.05) is 35.2 Å². The van der Waals surface area contributed by atoms with Gasteiger partial charge in [0.1, 0.15) is 6.61 Å². The van der Waals surface area contributed by atoms with Crippen LogP contribution in [-0.2, 0) is 0 Å². The highest BCUT2D eigenvalue weighted by molar-refractivity contribution is 5.95. The van der Waals surface area contributed by atoms with Crippen molar-refractivity contribution in [3.63, 3.8) is 0 Å². The van der Waals surface area contributed by atoms with Gasteiger partial charge in [-0.2, -0.15) is 0 Å². The minimum absolute atomic E-state index is 0.00522. The number of aromatic nitrogens is 2. The Morgan fingerprint density at radius 2 is 1.93 bits per heavy atom. The summed E-state index contributed by atoms with van der Waals surface area (Å²) >= 11 is 0. The summed E-state index contributed by atoms with van der Waals surface area (Å²) in [6, 6.07) is 16.1. The molecule has 1 N–H and O–H groups in total. The third-order valence-electron chi connectivity index (χ3n) is 5.67. The molecule has 0 spiro atoms. The van der Waals surface area contributed by atoms with Gasteiger partial charge < -0.3 is 15.0 Å². The molecule has 2 aromatic heterocycles. The number of carbonyl (C=O) groups excluding carboxylic acids is 1. The van der Waals surface area contributed by atoms with Crippen molar-refractivity contribution in [2.24, 2.45) is 0 Å². The Kier molecular flexibility index (Phi) is 4.60. The number of nitrogens with zero attached hydrogens (tertiary/aromatic N) is 3. The first kappa shape index (κ1) is 17.7. The van der Waals surface area contributed by atoms with Crippen molar-refractivity contribution >= 4 is 11.7 Å². The van der Waals surface area contributed by atoms with E-state index < -0.39 is 0 Å². The number of amides is 1. The second-order valence-electron chi connectivity index (χ2n) is 7.51. The summed E-state index contributed by atoms with van der Waals surface area (Å²) in [4.78, 5) is 23.4. The normalized spacial score (nSPS) is 20.5. The molecule has 4 heterocycles. The van der Waals surface area contributed by atoms with Crippen molar-refractivity contribution in [2.75, 3.05) is 25.0 Å². The number of hydrogen-bond donors (Lipinski definition) is 1. The van der Waals surface area contributed by atoms with Gasteiger partial charge >= 0.3 is 0 Å². The van der Waals surface area contributed by atoms with Gasteiger partial charge in [-0.25, -0.2) is 4.98 Å². The van der Waals surface area contributed by atoms with Gasteiger partial charge in [-0.3, -0.25) is 9.78 Å². The lowest BCUT2D eigenvalue weighted by Crippen LogP contribution is -2.29. The van der Waals surface area contributed by atoms with E-state index in [1.165, 1.54) is 5.56 Å². The number of nitrogens with one attached hydrogen (secondary N) is 1. The van der Waals surface area contributed by atoms with E-state index in [-0.39, 0.29) is 11.9 Å². The average molecular weight is 386 g/mol. The predicted octanol–water partition coefficient (Wildman–Crippen LogP) is 3.65. The van der Waals surface area contributed by atoms with Crippen molar-refractivity contribution in [3.8, 4) is 5.75 Å². The number of anilines is 1. The standard InChI is InChI=1S/C23H22N4O2/c28-23(27-11-8-18(14-27)16-6-9-24-10-7-16)19-12-21-22(25-13-19)26-20(15-29-21)17-4-2-1-3-5-17/h1-7,9-10,12-13,18,20H,8,11,14-15H2,(H,25,26)/t18?,20-/m0/s1. The SMILES string of the molecule is O=C(c1cnc2c(c1)OC[C@@H](c1ccccc1)N2)N1CCC(c2ccncc2)C1. The van der Waals surface area contributed by atoms with Crippen molar-refractivity contribution in [2.45, 2.75) is 18.4 Å². The van der Waals surface area contributed by atoms with Gasteiger partial charge in [0.25, 0.3) is 5.91 Å². The zero-order valence-electron chi connectivity index (χ0n) is 16.0. The van der Waals surface area contributed by atoms with Crippen LogP contribution in [0, 0.1) is 0 Å². The van der Waals surface area contributed by atoms with E-state index in [2.05, 4.69) is 27.4 Å². The maximum absolute atomic E-state index is 13.0. The molecule has 0 aliphatic carbocycles. The van der Waals surface area contributed by atoms with Gasteiger partial charge in [-0.05, 0) is 35.7 Å². The lowest BCUT2D eigenvalue weighted by Gasteiger charge is -2.27. The van der Waals surface area contributed by atoms with Crippen LogP contribution in [0.5, 0.6) is 5.75 Å². The molecule has 1 aromatic carbocycles. The van der Waals surface area contributed by atoms with Crippen LogP contribution in [0.1, 0.15) is 39.9 Å². The number of carbonyl (C=O) groups is 1.